The number of pyridine rings is 1. The monoisotopic (exact) mass is 390 g/mol. The maximum absolute atomic E-state index is 13.0. The maximum Gasteiger partial charge on any atom is 0.295 e. The molecule has 0 unspecified atom stereocenters. The van der Waals surface area contributed by atoms with Gasteiger partial charge in [0.1, 0.15) is 5.76 Å². The highest BCUT2D eigenvalue weighted by Crippen LogP contribution is 2.40. The standard InChI is InChI=1S/C22H22N4O3/c1-25(2)10-11-26-19(14-6-5-9-23-12-14)18(21(28)22(26)29)20(27)16-13-24-17-8-4-3-7-15(16)17/h3-9,12-13,19,24,27H,10-11H2,1-2H3/t19-/m0/s1. The molecule has 1 amide bonds. The Morgan fingerprint density at radius 2 is 2.00 bits per heavy atom. The number of carbonyl (C=O) groups is 2. The van der Waals surface area contributed by atoms with E-state index in [4.69, 9.17) is 0 Å². The molecule has 1 aromatic carbocycles. The van der Waals surface area contributed by atoms with Crippen LogP contribution in [0.3, 0.4) is 0 Å². The normalized spacial score (nSPS) is 18.9. The van der Waals surface area contributed by atoms with Crippen LogP contribution in [-0.4, -0.2) is 63.7 Å². The number of carbonyl (C=O) groups excluding carboxylic acids is 2. The zero-order valence-corrected chi connectivity index (χ0v) is 16.3. The molecular weight excluding hydrogens is 368 g/mol. The van der Waals surface area contributed by atoms with Crippen molar-refractivity contribution in [1.82, 2.24) is 19.8 Å². The number of ketones is 1. The van der Waals surface area contributed by atoms with Crippen LogP contribution in [0.2, 0.25) is 0 Å². The van der Waals surface area contributed by atoms with Gasteiger partial charge in [-0.05, 0) is 31.8 Å². The number of aliphatic hydroxyl groups is 1. The molecule has 1 atom stereocenters. The van der Waals surface area contributed by atoms with Gasteiger partial charge in [0.15, 0.2) is 0 Å². The third-order valence-electron chi connectivity index (χ3n) is 5.17. The van der Waals surface area contributed by atoms with Crippen molar-refractivity contribution < 1.29 is 14.7 Å². The van der Waals surface area contributed by atoms with Crippen LogP contribution in [0.15, 0.2) is 60.6 Å². The van der Waals surface area contributed by atoms with E-state index in [0.29, 0.717) is 24.2 Å². The lowest BCUT2D eigenvalue weighted by Gasteiger charge is -2.26. The largest absolute Gasteiger partial charge is 0.507 e. The van der Waals surface area contributed by atoms with Gasteiger partial charge >= 0.3 is 0 Å². The predicted molar refractivity (Wildman–Crippen MR) is 110 cm³/mol. The van der Waals surface area contributed by atoms with Gasteiger partial charge in [0.05, 0.1) is 11.6 Å². The van der Waals surface area contributed by atoms with Crippen molar-refractivity contribution in [2.75, 3.05) is 27.2 Å². The Kier molecular flexibility index (Phi) is 4.90. The zero-order chi connectivity index (χ0) is 20.5. The highest BCUT2D eigenvalue weighted by Gasteiger charge is 2.46. The molecule has 1 aliphatic rings. The Labute approximate surface area is 168 Å². The van der Waals surface area contributed by atoms with Gasteiger partial charge in [0, 0.05) is 48.1 Å². The van der Waals surface area contributed by atoms with Gasteiger partial charge in [-0.1, -0.05) is 24.3 Å². The molecule has 0 saturated carbocycles. The first-order valence-electron chi connectivity index (χ1n) is 9.38. The van der Waals surface area contributed by atoms with Crippen molar-refractivity contribution in [3.8, 4) is 0 Å². The number of rotatable bonds is 5. The Morgan fingerprint density at radius 1 is 1.21 bits per heavy atom. The van der Waals surface area contributed by atoms with Crippen molar-refractivity contribution in [3.05, 3.63) is 71.7 Å². The second-order valence-corrected chi connectivity index (χ2v) is 7.33. The number of aromatic nitrogens is 2. The molecule has 0 bridgehead atoms. The third-order valence-corrected chi connectivity index (χ3v) is 5.17. The minimum absolute atomic E-state index is 0.0894. The third kappa shape index (κ3) is 3.30. The minimum atomic E-state index is -0.683. The fourth-order valence-electron chi connectivity index (χ4n) is 3.72. The number of Topliss-reactive ketones (excluding diaryl/α,β-unsaturated/α-hetero) is 1. The summed E-state index contributed by atoms with van der Waals surface area (Å²) in [5.74, 6) is -1.47. The van der Waals surface area contributed by atoms with E-state index >= 15 is 0 Å². The molecule has 1 fully saturated rings. The van der Waals surface area contributed by atoms with E-state index in [0.717, 1.165) is 10.9 Å². The Bertz CT molecular complexity index is 1100. The summed E-state index contributed by atoms with van der Waals surface area (Å²) in [6.45, 7) is 0.957. The van der Waals surface area contributed by atoms with Crippen molar-refractivity contribution in [2.24, 2.45) is 0 Å². The number of nitrogens with zero attached hydrogens (tertiary/aromatic N) is 3. The molecule has 2 aromatic heterocycles. The Balaban J connectivity index is 1.88. The molecule has 1 saturated heterocycles. The van der Waals surface area contributed by atoms with Crippen LogP contribution < -0.4 is 0 Å². The highest BCUT2D eigenvalue weighted by atomic mass is 16.3. The second-order valence-electron chi connectivity index (χ2n) is 7.33. The molecule has 2 N–H and O–H groups in total. The van der Waals surface area contributed by atoms with E-state index in [1.165, 1.54) is 4.90 Å². The number of nitrogens with one attached hydrogen (secondary N) is 1. The summed E-state index contributed by atoms with van der Waals surface area (Å²) >= 11 is 0. The number of hydrogen-bond donors (Lipinski definition) is 2. The van der Waals surface area contributed by atoms with E-state index in [9.17, 15) is 14.7 Å². The first-order valence-corrected chi connectivity index (χ1v) is 9.38. The van der Waals surface area contributed by atoms with Gasteiger partial charge in [-0.15, -0.1) is 0 Å². The van der Waals surface area contributed by atoms with Gasteiger partial charge in [-0.2, -0.15) is 0 Å². The summed E-state index contributed by atoms with van der Waals surface area (Å²) in [5.41, 5.74) is 2.12. The van der Waals surface area contributed by atoms with Gasteiger partial charge in [0.25, 0.3) is 11.7 Å². The van der Waals surface area contributed by atoms with Crippen LogP contribution >= 0.6 is 0 Å². The number of likely N-dealkylation sites (N-methyl/N-ethyl adjacent to an activating group) is 1. The van der Waals surface area contributed by atoms with Crippen LogP contribution in [0.1, 0.15) is 17.2 Å². The van der Waals surface area contributed by atoms with Gasteiger partial charge in [0.2, 0.25) is 0 Å². The minimum Gasteiger partial charge on any atom is -0.507 e. The van der Waals surface area contributed by atoms with Gasteiger partial charge in [-0.25, -0.2) is 0 Å². The number of amides is 1. The summed E-state index contributed by atoms with van der Waals surface area (Å²) in [7, 11) is 3.81. The molecule has 148 valence electrons. The molecule has 7 nitrogen and oxygen atoms in total. The number of benzene rings is 1. The number of para-hydroxylation sites is 1. The molecule has 4 rings (SSSR count). The van der Waals surface area contributed by atoms with Crippen LogP contribution in [-0.2, 0) is 9.59 Å². The lowest BCUT2D eigenvalue weighted by atomic mass is 9.96. The number of aliphatic hydroxyl groups excluding tert-OH is 1. The summed E-state index contributed by atoms with van der Waals surface area (Å²) in [6.07, 6.45) is 4.92. The number of hydrogen-bond acceptors (Lipinski definition) is 5. The van der Waals surface area contributed by atoms with Crippen molar-refractivity contribution in [1.29, 1.82) is 0 Å². The molecule has 0 spiro atoms. The number of H-pyrrole nitrogens is 1. The van der Waals surface area contributed by atoms with Crippen LogP contribution in [0.4, 0.5) is 0 Å². The Morgan fingerprint density at radius 3 is 2.72 bits per heavy atom. The van der Waals surface area contributed by atoms with Crippen LogP contribution in [0, 0.1) is 0 Å². The summed E-state index contributed by atoms with van der Waals surface area (Å²) < 4.78 is 0. The average molecular weight is 390 g/mol. The fourth-order valence-corrected chi connectivity index (χ4v) is 3.72. The summed E-state index contributed by atoms with van der Waals surface area (Å²) in [5, 5.41) is 11.9. The predicted octanol–water partition coefficient (Wildman–Crippen LogP) is 2.55. The molecule has 3 aromatic rings. The lowest BCUT2D eigenvalue weighted by molar-refractivity contribution is -0.140. The molecule has 1 aliphatic heterocycles. The van der Waals surface area contributed by atoms with Crippen molar-refractivity contribution in [3.63, 3.8) is 0 Å². The van der Waals surface area contributed by atoms with Crippen molar-refractivity contribution in [2.45, 2.75) is 6.04 Å². The lowest BCUT2D eigenvalue weighted by Crippen LogP contribution is -2.35. The van der Waals surface area contributed by atoms with E-state index in [1.807, 2.05) is 49.3 Å². The van der Waals surface area contributed by atoms with Gasteiger partial charge in [-0.3, -0.25) is 14.6 Å². The molecule has 0 aliphatic carbocycles. The molecule has 0 radical (unpaired) electrons. The first kappa shape index (κ1) is 18.9. The maximum atomic E-state index is 13.0. The van der Waals surface area contributed by atoms with E-state index in [1.54, 1.807) is 24.7 Å². The SMILES string of the molecule is CN(C)CCN1C(=O)C(=O)C(=C(O)c2c[nH]c3ccccc23)[C@@H]1c1cccnc1. The Hall–Kier alpha value is -3.45. The first-order chi connectivity index (χ1) is 14.0. The number of fused-ring (bicyclic) bond motifs is 1. The molecule has 3 heterocycles. The summed E-state index contributed by atoms with van der Waals surface area (Å²) in [4.78, 5) is 36.5. The van der Waals surface area contributed by atoms with Gasteiger partial charge < -0.3 is 19.9 Å². The zero-order valence-electron chi connectivity index (χ0n) is 16.3. The summed E-state index contributed by atoms with van der Waals surface area (Å²) in [6, 6.07) is 10.4. The molecular formula is C22H22N4O3. The second kappa shape index (κ2) is 7.52. The quantitative estimate of drug-likeness (QED) is 0.397. The molecule has 7 heteroatoms. The van der Waals surface area contributed by atoms with E-state index in [2.05, 4.69) is 9.97 Å². The highest BCUT2D eigenvalue weighted by molar-refractivity contribution is 6.46. The van der Waals surface area contributed by atoms with E-state index < -0.39 is 17.7 Å². The smallest absolute Gasteiger partial charge is 0.295 e. The van der Waals surface area contributed by atoms with Crippen LogP contribution in [0.25, 0.3) is 16.7 Å². The average Bonchev–Trinajstić information content (AvgIpc) is 3.26. The fraction of sp³-hybridized carbons (Fsp3) is 0.227. The van der Waals surface area contributed by atoms with Crippen LogP contribution in [0.5, 0.6) is 0 Å². The van der Waals surface area contributed by atoms with Crippen molar-refractivity contribution >= 4 is 28.4 Å². The number of likely N-dealkylation sites (tertiary alicyclic amines) is 1. The number of aromatic amines is 1. The topological polar surface area (TPSA) is 89.5 Å². The molecule has 29 heavy (non-hydrogen) atoms. The van der Waals surface area contributed by atoms with E-state index in [-0.39, 0.29) is 11.3 Å².